The van der Waals surface area contributed by atoms with Crippen molar-refractivity contribution in [2.45, 2.75) is 13.3 Å². The molecular formula is C16H14NO4-. The Morgan fingerprint density at radius 2 is 2.05 bits per heavy atom. The van der Waals surface area contributed by atoms with E-state index in [2.05, 4.69) is 0 Å². The molecule has 3 atom stereocenters. The van der Waals surface area contributed by atoms with Crippen LogP contribution in [0.15, 0.2) is 36.4 Å². The molecule has 2 aliphatic rings. The van der Waals surface area contributed by atoms with Crippen molar-refractivity contribution in [3.05, 3.63) is 42.0 Å². The molecule has 2 amide bonds. The van der Waals surface area contributed by atoms with Crippen molar-refractivity contribution < 1.29 is 19.5 Å². The number of aromatic carboxylic acids is 1. The van der Waals surface area contributed by atoms with Gasteiger partial charge in [-0.25, -0.2) is 0 Å². The van der Waals surface area contributed by atoms with Gasteiger partial charge in [0.25, 0.3) is 0 Å². The van der Waals surface area contributed by atoms with Crippen LogP contribution in [-0.2, 0) is 9.59 Å². The van der Waals surface area contributed by atoms with E-state index in [-0.39, 0.29) is 35.1 Å². The van der Waals surface area contributed by atoms with Gasteiger partial charge in [-0.15, -0.1) is 0 Å². The summed E-state index contributed by atoms with van der Waals surface area (Å²) in [6.45, 7) is 1.92. The van der Waals surface area contributed by atoms with Crippen LogP contribution in [0, 0.1) is 17.8 Å². The number of allylic oxidation sites excluding steroid dienone is 2. The normalized spacial score (nSPS) is 27.9. The summed E-state index contributed by atoms with van der Waals surface area (Å²) in [5.41, 5.74) is 0.252. The number of carbonyl (C=O) groups excluding carboxylic acids is 3. The highest BCUT2D eigenvalue weighted by Crippen LogP contribution is 2.40. The number of benzene rings is 1. The van der Waals surface area contributed by atoms with Crippen molar-refractivity contribution in [2.75, 3.05) is 4.90 Å². The number of nitrogens with zero attached hydrogens (tertiary/aromatic N) is 1. The predicted octanol–water partition coefficient (Wildman–Crippen LogP) is 0.752. The molecule has 0 unspecified atom stereocenters. The second kappa shape index (κ2) is 4.84. The molecule has 0 saturated carbocycles. The maximum atomic E-state index is 12.6. The van der Waals surface area contributed by atoms with Gasteiger partial charge in [0.05, 0.1) is 23.5 Å². The Balaban J connectivity index is 2.00. The molecule has 21 heavy (non-hydrogen) atoms. The topological polar surface area (TPSA) is 77.5 Å². The van der Waals surface area contributed by atoms with Crippen LogP contribution < -0.4 is 10.0 Å². The molecule has 0 radical (unpaired) electrons. The lowest BCUT2D eigenvalue weighted by molar-refractivity contribution is -0.255. The minimum atomic E-state index is -1.33. The largest absolute Gasteiger partial charge is 0.545 e. The molecule has 0 spiro atoms. The summed E-state index contributed by atoms with van der Waals surface area (Å²) in [7, 11) is 0. The number of hydrogen-bond donors (Lipinski definition) is 0. The second-order valence-corrected chi connectivity index (χ2v) is 5.50. The molecule has 1 heterocycles. The SMILES string of the molecule is C[C@H]1C=CC[C@H]2C(=O)N(c3cccc(C(=O)[O-])c3)C(=O)[C@H]12. The molecule has 0 bridgehead atoms. The molecule has 1 aliphatic heterocycles. The van der Waals surface area contributed by atoms with Crippen molar-refractivity contribution in [1.82, 2.24) is 0 Å². The average molecular weight is 284 g/mol. The summed E-state index contributed by atoms with van der Waals surface area (Å²) in [6.07, 6.45) is 4.43. The quantitative estimate of drug-likeness (QED) is 0.593. The number of imide groups is 1. The zero-order chi connectivity index (χ0) is 15.1. The van der Waals surface area contributed by atoms with Gasteiger partial charge in [0.15, 0.2) is 0 Å². The summed E-state index contributed by atoms with van der Waals surface area (Å²) in [6, 6.07) is 5.75. The van der Waals surface area contributed by atoms with Crippen LogP contribution in [0.4, 0.5) is 5.69 Å². The Morgan fingerprint density at radius 3 is 2.71 bits per heavy atom. The van der Waals surface area contributed by atoms with E-state index >= 15 is 0 Å². The summed E-state index contributed by atoms with van der Waals surface area (Å²) < 4.78 is 0. The highest BCUT2D eigenvalue weighted by molar-refractivity contribution is 6.22. The van der Waals surface area contributed by atoms with Crippen molar-refractivity contribution in [1.29, 1.82) is 0 Å². The van der Waals surface area contributed by atoms with Crippen molar-refractivity contribution >= 4 is 23.5 Å². The molecule has 0 N–H and O–H groups in total. The molecule has 1 saturated heterocycles. The first-order chi connectivity index (χ1) is 10.0. The van der Waals surface area contributed by atoms with Crippen LogP contribution in [0.2, 0.25) is 0 Å². The standard InChI is InChI=1S/C16H15NO4/c1-9-4-2-7-12-13(9)15(19)17(14(12)18)11-6-3-5-10(8-11)16(20)21/h2-6,8-9,12-13H,7H2,1H3,(H,20,21)/p-1/t9-,12+,13+/m0/s1. The Hall–Kier alpha value is -2.43. The molecular weight excluding hydrogens is 270 g/mol. The lowest BCUT2D eigenvalue weighted by Crippen LogP contribution is -2.32. The van der Waals surface area contributed by atoms with Gasteiger partial charge in [-0.3, -0.25) is 14.5 Å². The van der Waals surface area contributed by atoms with Crippen LogP contribution in [-0.4, -0.2) is 17.8 Å². The van der Waals surface area contributed by atoms with Crippen LogP contribution in [0.1, 0.15) is 23.7 Å². The van der Waals surface area contributed by atoms with Crippen LogP contribution in [0.3, 0.4) is 0 Å². The lowest BCUT2D eigenvalue weighted by Gasteiger charge is -2.22. The molecule has 5 heteroatoms. The van der Waals surface area contributed by atoms with E-state index in [4.69, 9.17) is 0 Å². The second-order valence-electron chi connectivity index (χ2n) is 5.50. The van der Waals surface area contributed by atoms with E-state index < -0.39 is 5.97 Å². The lowest BCUT2D eigenvalue weighted by atomic mass is 9.78. The maximum absolute atomic E-state index is 12.6. The zero-order valence-electron chi connectivity index (χ0n) is 11.5. The average Bonchev–Trinajstić information content (AvgIpc) is 2.72. The van der Waals surface area contributed by atoms with Gasteiger partial charge in [-0.05, 0) is 30.0 Å². The number of rotatable bonds is 2. The first kappa shape index (κ1) is 13.5. The minimum absolute atomic E-state index is 0.00882. The summed E-state index contributed by atoms with van der Waals surface area (Å²) in [5, 5.41) is 10.9. The molecule has 1 aromatic rings. The van der Waals surface area contributed by atoms with Crippen LogP contribution in [0.5, 0.6) is 0 Å². The van der Waals surface area contributed by atoms with Crippen molar-refractivity contribution in [2.24, 2.45) is 17.8 Å². The number of amides is 2. The Kier molecular flexibility index (Phi) is 3.12. The highest BCUT2D eigenvalue weighted by Gasteiger charge is 2.50. The van der Waals surface area contributed by atoms with E-state index in [1.165, 1.54) is 18.2 Å². The van der Waals surface area contributed by atoms with E-state index in [1.807, 2.05) is 19.1 Å². The number of carboxylic acid groups (broad SMARTS) is 1. The Bertz CT molecular complexity index is 664. The minimum Gasteiger partial charge on any atom is -0.545 e. The van der Waals surface area contributed by atoms with Crippen molar-refractivity contribution in [3.8, 4) is 0 Å². The molecule has 1 aliphatic carbocycles. The van der Waals surface area contributed by atoms with Crippen LogP contribution >= 0.6 is 0 Å². The molecule has 108 valence electrons. The highest BCUT2D eigenvalue weighted by atomic mass is 16.4. The van der Waals surface area contributed by atoms with Gasteiger partial charge in [-0.2, -0.15) is 0 Å². The Labute approximate surface area is 121 Å². The van der Waals surface area contributed by atoms with E-state index in [1.54, 1.807) is 6.07 Å². The van der Waals surface area contributed by atoms with Crippen molar-refractivity contribution in [3.63, 3.8) is 0 Å². The van der Waals surface area contributed by atoms with Gasteiger partial charge in [0.1, 0.15) is 0 Å². The number of carboxylic acids is 1. The summed E-state index contributed by atoms with van der Waals surface area (Å²) in [5.74, 6) is -2.52. The first-order valence-electron chi connectivity index (χ1n) is 6.86. The first-order valence-corrected chi connectivity index (χ1v) is 6.86. The number of anilines is 1. The molecule has 3 rings (SSSR count). The number of hydrogen-bond acceptors (Lipinski definition) is 4. The Morgan fingerprint density at radius 1 is 1.29 bits per heavy atom. The zero-order valence-corrected chi connectivity index (χ0v) is 11.5. The third-order valence-corrected chi connectivity index (χ3v) is 4.21. The molecule has 1 fully saturated rings. The van der Waals surface area contributed by atoms with Crippen LogP contribution in [0.25, 0.3) is 0 Å². The molecule has 5 nitrogen and oxygen atoms in total. The summed E-state index contributed by atoms with van der Waals surface area (Å²) >= 11 is 0. The fourth-order valence-electron chi connectivity index (χ4n) is 3.17. The monoisotopic (exact) mass is 284 g/mol. The number of carbonyl (C=O) groups is 3. The van der Waals surface area contributed by atoms with Gasteiger partial charge >= 0.3 is 0 Å². The molecule has 1 aromatic carbocycles. The maximum Gasteiger partial charge on any atom is 0.238 e. The van der Waals surface area contributed by atoms with Gasteiger partial charge in [0, 0.05) is 0 Å². The van der Waals surface area contributed by atoms with E-state index in [0.717, 1.165) is 4.90 Å². The third kappa shape index (κ3) is 2.05. The molecule has 0 aromatic heterocycles. The van der Waals surface area contributed by atoms with Gasteiger partial charge in [-0.1, -0.05) is 31.2 Å². The van der Waals surface area contributed by atoms with Gasteiger partial charge in [0.2, 0.25) is 11.8 Å². The van der Waals surface area contributed by atoms with E-state index in [9.17, 15) is 19.5 Å². The smallest absolute Gasteiger partial charge is 0.238 e. The fraction of sp³-hybridized carbons (Fsp3) is 0.312. The summed E-state index contributed by atoms with van der Waals surface area (Å²) in [4.78, 5) is 37.1. The fourth-order valence-corrected chi connectivity index (χ4v) is 3.17. The third-order valence-electron chi connectivity index (χ3n) is 4.21. The van der Waals surface area contributed by atoms with Gasteiger partial charge < -0.3 is 9.90 Å². The number of fused-ring (bicyclic) bond motifs is 1. The predicted molar refractivity (Wildman–Crippen MR) is 73.2 cm³/mol. The van der Waals surface area contributed by atoms with E-state index in [0.29, 0.717) is 12.1 Å².